The summed E-state index contributed by atoms with van der Waals surface area (Å²) in [5.41, 5.74) is 3.93. The van der Waals surface area contributed by atoms with Crippen LogP contribution in [0.4, 0.5) is 4.79 Å². The third-order valence-corrected chi connectivity index (χ3v) is 5.97. The number of imide groups is 1. The van der Waals surface area contributed by atoms with Crippen LogP contribution in [0.3, 0.4) is 0 Å². The van der Waals surface area contributed by atoms with E-state index in [1.807, 2.05) is 62.4 Å². The van der Waals surface area contributed by atoms with Gasteiger partial charge in [-0.1, -0.05) is 41.9 Å². The molecule has 0 N–H and O–H groups in total. The molecule has 0 spiro atoms. The first-order valence-corrected chi connectivity index (χ1v) is 10.3. The van der Waals surface area contributed by atoms with Crippen LogP contribution in [0.5, 0.6) is 0 Å². The maximum Gasteiger partial charge on any atom is 0.293 e. The van der Waals surface area contributed by atoms with Crippen LogP contribution in [0.2, 0.25) is 5.02 Å². The average Bonchev–Trinajstić information content (AvgIpc) is 3.25. The van der Waals surface area contributed by atoms with Gasteiger partial charge in [0.1, 0.15) is 11.5 Å². The topological polar surface area (TPSA) is 50.5 Å². The van der Waals surface area contributed by atoms with Crippen molar-refractivity contribution in [2.45, 2.75) is 20.4 Å². The lowest BCUT2D eigenvalue weighted by atomic mass is 10.1. The Labute approximate surface area is 178 Å². The number of aryl methyl sites for hydroxylation is 2. The Morgan fingerprint density at radius 1 is 1.03 bits per heavy atom. The van der Waals surface area contributed by atoms with Crippen LogP contribution in [0, 0.1) is 13.8 Å². The van der Waals surface area contributed by atoms with Crippen molar-refractivity contribution >= 4 is 40.6 Å². The Balaban J connectivity index is 1.57. The molecule has 1 fully saturated rings. The average molecular weight is 424 g/mol. The number of hydrogen-bond donors (Lipinski definition) is 0. The highest BCUT2D eigenvalue weighted by molar-refractivity contribution is 8.18. The van der Waals surface area contributed by atoms with E-state index >= 15 is 0 Å². The number of carbonyl (C=O) groups excluding carboxylic acids is 2. The Morgan fingerprint density at radius 2 is 1.83 bits per heavy atom. The van der Waals surface area contributed by atoms with Crippen LogP contribution in [0.1, 0.15) is 22.5 Å². The maximum atomic E-state index is 12.8. The highest BCUT2D eigenvalue weighted by Gasteiger charge is 2.35. The van der Waals surface area contributed by atoms with Gasteiger partial charge in [-0.15, -0.1) is 0 Å². The minimum absolute atomic E-state index is 0.264. The second-order valence-corrected chi connectivity index (χ2v) is 8.29. The summed E-state index contributed by atoms with van der Waals surface area (Å²) in [6.07, 6.45) is 1.62. The summed E-state index contributed by atoms with van der Waals surface area (Å²) in [5, 5.41) is 0.350. The summed E-state index contributed by atoms with van der Waals surface area (Å²) in [7, 11) is 0. The molecule has 146 valence electrons. The summed E-state index contributed by atoms with van der Waals surface area (Å²) < 4.78 is 5.89. The predicted octanol–water partition coefficient (Wildman–Crippen LogP) is 6.45. The highest BCUT2D eigenvalue weighted by atomic mass is 35.5. The molecule has 1 aliphatic heterocycles. The minimum atomic E-state index is -0.305. The molecule has 2 aromatic carbocycles. The number of amides is 2. The zero-order valence-electron chi connectivity index (χ0n) is 15.9. The molecule has 4 nitrogen and oxygen atoms in total. The molecular weight excluding hydrogens is 406 g/mol. The van der Waals surface area contributed by atoms with E-state index in [9.17, 15) is 9.59 Å². The van der Waals surface area contributed by atoms with Gasteiger partial charge < -0.3 is 4.42 Å². The molecule has 0 aliphatic carbocycles. The monoisotopic (exact) mass is 423 g/mol. The Bertz CT molecular complexity index is 1150. The molecule has 0 saturated carbocycles. The van der Waals surface area contributed by atoms with Gasteiger partial charge in [-0.2, -0.15) is 0 Å². The van der Waals surface area contributed by atoms with Gasteiger partial charge in [0.2, 0.25) is 0 Å². The van der Waals surface area contributed by atoms with Gasteiger partial charge in [0.15, 0.2) is 0 Å². The second kappa shape index (κ2) is 7.93. The number of hydrogen-bond acceptors (Lipinski definition) is 4. The van der Waals surface area contributed by atoms with Gasteiger partial charge in [-0.3, -0.25) is 14.5 Å². The zero-order chi connectivity index (χ0) is 20.5. The van der Waals surface area contributed by atoms with Crippen LogP contribution in [0.15, 0.2) is 63.9 Å². The van der Waals surface area contributed by atoms with Gasteiger partial charge >= 0.3 is 0 Å². The molecule has 4 rings (SSSR count). The third kappa shape index (κ3) is 4.02. The Morgan fingerprint density at radius 3 is 2.62 bits per heavy atom. The van der Waals surface area contributed by atoms with E-state index in [2.05, 4.69) is 0 Å². The number of benzene rings is 2. The van der Waals surface area contributed by atoms with Crippen molar-refractivity contribution < 1.29 is 14.0 Å². The summed E-state index contributed by atoms with van der Waals surface area (Å²) in [5.74, 6) is 0.872. The van der Waals surface area contributed by atoms with Crippen molar-refractivity contribution in [3.63, 3.8) is 0 Å². The molecule has 0 radical (unpaired) electrons. The lowest BCUT2D eigenvalue weighted by molar-refractivity contribution is -0.123. The molecule has 3 aromatic rings. The molecular formula is C23H18ClNO3S. The van der Waals surface area contributed by atoms with Gasteiger partial charge in [0, 0.05) is 16.7 Å². The summed E-state index contributed by atoms with van der Waals surface area (Å²) >= 11 is 7.03. The van der Waals surface area contributed by atoms with E-state index in [0.717, 1.165) is 34.0 Å². The maximum absolute atomic E-state index is 12.8. The van der Waals surface area contributed by atoms with E-state index in [-0.39, 0.29) is 17.7 Å². The SMILES string of the molecule is Cc1ccccc1CN1C(=O)S/C(=C\c2ccc(-c3cc(Cl)ccc3C)o2)C1=O. The largest absolute Gasteiger partial charge is 0.457 e. The van der Waals surface area contributed by atoms with Gasteiger partial charge in [0.25, 0.3) is 11.1 Å². The third-order valence-electron chi connectivity index (χ3n) is 4.83. The van der Waals surface area contributed by atoms with Crippen molar-refractivity contribution in [3.05, 3.63) is 87.0 Å². The summed E-state index contributed by atoms with van der Waals surface area (Å²) in [6.45, 7) is 4.21. The molecule has 0 bridgehead atoms. The van der Waals surface area contributed by atoms with Crippen molar-refractivity contribution in [2.24, 2.45) is 0 Å². The number of furan rings is 1. The fourth-order valence-electron chi connectivity index (χ4n) is 3.16. The molecule has 0 atom stereocenters. The standard InChI is InChI=1S/C23H18ClNO3S/c1-14-5-3-4-6-16(14)13-25-22(26)21(29-23(25)27)12-18-9-10-20(28-18)19-11-17(24)8-7-15(19)2/h3-12H,13H2,1-2H3/b21-12-. The number of halogens is 1. The number of thioether (sulfide) groups is 1. The van der Waals surface area contributed by atoms with E-state index in [0.29, 0.717) is 21.4 Å². The first-order chi connectivity index (χ1) is 13.9. The first kappa shape index (κ1) is 19.6. The molecule has 6 heteroatoms. The summed E-state index contributed by atoms with van der Waals surface area (Å²) in [4.78, 5) is 26.8. The van der Waals surface area contributed by atoms with Crippen LogP contribution >= 0.6 is 23.4 Å². The number of nitrogens with zero attached hydrogens (tertiary/aromatic N) is 1. The van der Waals surface area contributed by atoms with Crippen molar-refractivity contribution in [1.29, 1.82) is 0 Å². The van der Waals surface area contributed by atoms with Crippen molar-refractivity contribution in [2.75, 3.05) is 0 Å². The van der Waals surface area contributed by atoms with Crippen LogP contribution < -0.4 is 0 Å². The lowest BCUT2D eigenvalue weighted by Crippen LogP contribution is -2.27. The second-order valence-electron chi connectivity index (χ2n) is 6.86. The van der Waals surface area contributed by atoms with E-state index < -0.39 is 0 Å². The molecule has 2 amide bonds. The fraction of sp³-hybridized carbons (Fsp3) is 0.130. The minimum Gasteiger partial charge on any atom is -0.457 e. The van der Waals surface area contributed by atoms with Crippen LogP contribution in [0.25, 0.3) is 17.4 Å². The van der Waals surface area contributed by atoms with Crippen molar-refractivity contribution in [3.8, 4) is 11.3 Å². The first-order valence-electron chi connectivity index (χ1n) is 9.08. The van der Waals surface area contributed by atoms with E-state index in [4.69, 9.17) is 16.0 Å². The van der Waals surface area contributed by atoms with Gasteiger partial charge in [-0.05, 0) is 66.6 Å². The molecule has 1 aliphatic rings. The normalized spacial score (nSPS) is 15.6. The molecule has 0 unspecified atom stereocenters. The quantitative estimate of drug-likeness (QED) is 0.452. The molecule has 1 saturated heterocycles. The predicted molar refractivity (Wildman–Crippen MR) is 117 cm³/mol. The Hall–Kier alpha value is -2.76. The van der Waals surface area contributed by atoms with Gasteiger partial charge in [-0.25, -0.2) is 0 Å². The van der Waals surface area contributed by atoms with Crippen LogP contribution in [-0.4, -0.2) is 16.0 Å². The zero-order valence-corrected chi connectivity index (χ0v) is 17.5. The van der Waals surface area contributed by atoms with Crippen LogP contribution in [-0.2, 0) is 11.3 Å². The number of carbonyl (C=O) groups is 2. The molecule has 1 aromatic heterocycles. The van der Waals surface area contributed by atoms with Crippen molar-refractivity contribution in [1.82, 2.24) is 4.90 Å². The van der Waals surface area contributed by atoms with Gasteiger partial charge in [0.05, 0.1) is 11.4 Å². The fourth-order valence-corrected chi connectivity index (χ4v) is 4.15. The highest BCUT2D eigenvalue weighted by Crippen LogP contribution is 2.35. The van der Waals surface area contributed by atoms with E-state index in [1.54, 1.807) is 12.1 Å². The van der Waals surface area contributed by atoms with E-state index in [1.165, 1.54) is 4.90 Å². The Kier molecular flexibility index (Phi) is 5.35. The molecule has 29 heavy (non-hydrogen) atoms. The summed E-state index contributed by atoms with van der Waals surface area (Å²) in [6, 6.07) is 16.9. The lowest BCUT2D eigenvalue weighted by Gasteiger charge is -2.14. The number of rotatable bonds is 4. The molecule has 2 heterocycles. The smallest absolute Gasteiger partial charge is 0.293 e.